The Morgan fingerprint density at radius 1 is 1.46 bits per heavy atom. The molecule has 2 aromatic rings. The molecule has 1 aromatic carbocycles. The van der Waals surface area contributed by atoms with Crippen molar-refractivity contribution in [3.8, 4) is 11.5 Å². The van der Waals surface area contributed by atoms with E-state index in [1.165, 1.54) is 19.5 Å². The van der Waals surface area contributed by atoms with Crippen molar-refractivity contribution < 1.29 is 19.6 Å². The third-order valence-corrected chi connectivity index (χ3v) is 3.29. The number of hydrazone groups is 1. The Hall–Kier alpha value is -3.01. The highest BCUT2D eigenvalue weighted by Crippen LogP contribution is 2.33. The summed E-state index contributed by atoms with van der Waals surface area (Å²) < 4.78 is 5.49. The van der Waals surface area contributed by atoms with Crippen molar-refractivity contribution in [2.75, 3.05) is 7.11 Å². The van der Waals surface area contributed by atoms with Crippen LogP contribution in [0.4, 0.5) is 5.69 Å². The Labute approximate surface area is 144 Å². The minimum Gasteiger partial charge on any atom is -0.504 e. The summed E-state index contributed by atoms with van der Waals surface area (Å²) in [6, 6.07) is 3.73. The fourth-order valence-electron chi connectivity index (χ4n) is 1.73. The zero-order chi connectivity index (χ0) is 17.7. The van der Waals surface area contributed by atoms with Crippen molar-refractivity contribution in [3.05, 3.63) is 56.3 Å². The lowest BCUT2D eigenvalue weighted by molar-refractivity contribution is -0.385. The van der Waals surface area contributed by atoms with E-state index in [-0.39, 0.29) is 28.3 Å². The monoisotopic (exact) mass is 394 g/mol. The van der Waals surface area contributed by atoms with Crippen LogP contribution in [0, 0.1) is 10.1 Å². The second-order valence-electron chi connectivity index (χ2n) is 4.43. The first kappa shape index (κ1) is 17.3. The number of hydrogen-bond donors (Lipinski definition) is 2. The molecule has 10 heteroatoms. The van der Waals surface area contributed by atoms with E-state index < -0.39 is 10.8 Å². The molecular weight excluding hydrogens is 384 g/mol. The fourth-order valence-corrected chi connectivity index (χ4v) is 2.10. The van der Waals surface area contributed by atoms with Gasteiger partial charge < -0.3 is 9.84 Å². The number of nitro groups is 1. The minimum atomic E-state index is -0.634. The number of carbonyl (C=O) groups is 1. The number of phenolic OH excluding ortho intramolecular Hbond substituents is 1. The summed E-state index contributed by atoms with van der Waals surface area (Å²) in [4.78, 5) is 26.0. The van der Waals surface area contributed by atoms with Crippen LogP contribution >= 0.6 is 15.9 Å². The third-order valence-electron chi connectivity index (χ3n) is 2.86. The first-order chi connectivity index (χ1) is 11.4. The third kappa shape index (κ3) is 4.04. The molecule has 0 unspecified atom stereocenters. The molecule has 0 saturated heterocycles. The summed E-state index contributed by atoms with van der Waals surface area (Å²) in [6.07, 6.45) is 3.95. The number of rotatable bonds is 5. The second kappa shape index (κ2) is 7.51. The summed E-state index contributed by atoms with van der Waals surface area (Å²) in [5.74, 6) is -0.935. The molecule has 0 aliphatic rings. The van der Waals surface area contributed by atoms with Crippen LogP contribution in [0.25, 0.3) is 0 Å². The maximum atomic E-state index is 11.9. The number of nitrogens with zero attached hydrogens (tertiary/aromatic N) is 3. The average molecular weight is 395 g/mol. The molecule has 124 valence electrons. The van der Waals surface area contributed by atoms with Crippen LogP contribution in [0.3, 0.4) is 0 Å². The predicted molar refractivity (Wildman–Crippen MR) is 88.3 cm³/mol. The van der Waals surface area contributed by atoms with Gasteiger partial charge in [-0.15, -0.1) is 0 Å². The Morgan fingerprint density at radius 3 is 2.83 bits per heavy atom. The molecule has 0 aliphatic carbocycles. The number of phenols is 1. The molecule has 2 rings (SSSR count). The Morgan fingerprint density at radius 2 is 2.21 bits per heavy atom. The molecule has 0 spiro atoms. The number of aromatic nitrogens is 1. The Kier molecular flexibility index (Phi) is 5.42. The molecule has 2 N–H and O–H groups in total. The highest BCUT2D eigenvalue weighted by atomic mass is 79.9. The number of methoxy groups -OCH3 is 1. The molecule has 1 heterocycles. The van der Waals surface area contributed by atoms with E-state index >= 15 is 0 Å². The van der Waals surface area contributed by atoms with E-state index in [4.69, 9.17) is 4.74 Å². The number of amides is 1. The molecule has 0 radical (unpaired) electrons. The van der Waals surface area contributed by atoms with E-state index in [0.717, 1.165) is 18.3 Å². The van der Waals surface area contributed by atoms with Gasteiger partial charge in [0.05, 0.1) is 29.9 Å². The molecular formula is C14H11BrN4O5. The number of non-ortho nitro benzene ring substituents is 1. The van der Waals surface area contributed by atoms with Crippen LogP contribution in [-0.4, -0.2) is 34.2 Å². The number of carbonyl (C=O) groups excluding carboxylic acids is 1. The topological polar surface area (TPSA) is 127 Å². The first-order valence-corrected chi connectivity index (χ1v) is 7.21. The number of nitrogens with one attached hydrogen (secondary N) is 1. The van der Waals surface area contributed by atoms with E-state index in [1.807, 2.05) is 0 Å². The number of aromatic hydroxyl groups is 1. The van der Waals surface area contributed by atoms with Crippen LogP contribution < -0.4 is 10.2 Å². The van der Waals surface area contributed by atoms with Gasteiger partial charge in [0.1, 0.15) is 0 Å². The predicted octanol–water partition coefficient (Wildman–Crippen LogP) is 2.23. The number of halogens is 1. The van der Waals surface area contributed by atoms with Crippen molar-refractivity contribution >= 4 is 33.7 Å². The lowest BCUT2D eigenvalue weighted by atomic mass is 10.2. The standard InChI is InChI=1S/C14H11BrN4O5/c1-24-12-4-11(19(22)23)3-8(13(12)20)6-17-18-14(21)9-2-10(15)7-16-5-9/h2-7,20H,1H3,(H,18,21)/b17-6+. The van der Waals surface area contributed by atoms with Crippen molar-refractivity contribution in [3.63, 3.8) is 0 Å². The molecule has 0 aliphatic heterocycles. The highest BCUT2D eigenvalue weighted by molar-refractivity contribution is 9.10. The average Bonchev–Trinajstić information content (AvgIpc) is 2.56. The quantitative estimate of drug-likeness (QED) is 0.454. The van der Waals surface area contributed by atoms with Crippen molar-refractivity contribution in [1.82, 2.24) is 10.4 Å². The van der Waals surface area contributed by atoms with Crippen molar-refractivity contribution in [2.45, 2.75) is 0 Å². The number of hydrogen-bond acceptors (Lipinski definition) is 7. The molecule has 1 aromatic heterocycles. The summed E-state index contributed by atoms with van der Waals surface area (Å²) in [6.45, 7) is 0. The summed E-state index contributed by atoms with van der Waals surface area (Å²) in [5, 5.41) is 24.5. The van der Waals surface area contributed by atoms with Crippen LogP contribution in [0.15, 0.2) is 40.2 Å². The molecule has 1 amide bonds. The minimum absolute atomic E-state index is 0.0220. The normalized spacial score (nSPS) is 10.6. The zero-order valence-corrected chi connectivity index (χ0v) is 13.8. The molecule has 24 heavy (non-hydrogen) atoms. The van der Waals surface area contributed by atoms with Gasteiger partial charge in [-0.05, 0) is 22.0 Å². The smallest absolute Gasteiger partial charge is 0.274 e. The van der Waals surface area contributed by atoms with Crippen molar-refractivity contribution in [2.24, 2.45) is 5.10 Å². The maximum Gasteiger partial charge on any atom is 0.274 e. The second-order valence-corrected chi connectivity index (χ2v) is 5.35. The van der Waals surface area contributed by atoms with Crippen LogP contribution in [0.5, 0.6) is 11.5 Å². The van der Waals surface area contributed by atoms with E-state index in [0.29, 0.717) is 4.47 Å². The lowest BCUT2D eigenvalue weighted by Gasteiger charge is -2.06. The van der Waals surface area contributed by atoms with Crippen molar-refractivity contribution in [1.29, 1.82) is 0 Å². The highest BCUT2D eigenvalue weighted by Gasteiger charge is 2.15. The number of nitro benzene ring substituents is 1. The molecule has 0 bridgehead atoms. The van der Waals surface area contributed by atoms with Gasteiger partial charge in [-0.1, -0.05) is 0 Å². The van der Waals surface area contributed by atoms with Crippen LogP contribution in [0.1, 0.15) is 15.9 Å². The number of pyridine rings is 1. The van der Waals surface area contributed by atoms with Gasteiger partial charge in [0.15, 0.2) is 11.5 Å². The number of ether oxygens (including phenoxy) is 1. The molecule has 0 fully saturated rings. The van der Waals surface area contributed by atoms with Gasteiger partial charge in [0.2, 0.25) is 0 Å². The van der Waals surface area contributed by atoms with Gasteiger partial charge in [0.25, 0.3) is 11.6 Å². The Bertz CT molecular complexity index is 825. The lowest BCUT2D eigenvalue weighted by Crippen LogP contribution is -2.17. The maximum absolute atomic E-state index is 11.9. The zero-order valence-electron chi connectivity index (χ0n) is 12.3. The first-order valence-electron chi connectivity index (χ1n) is 6.41. The van der Waals surface area contributed by atoms with E-state index in [9.17, 15) is 20.0 Å². The molecule has 0 saturated carbocycles. The summed E-state index contributed by atoms with van der Waals surface area (Å²) >= 11 is 3.19. The van der Waals surface area contributed by atoms with E-state index in [1.54, 1.807) is 6.07 Å². The number of benzene rings is 1. The summed E-state index contributed by atoms with van der Waals surface area (Å²) in [5.41, 5.74) is 2.24. The largest absolute Gasteiger partial charge is 0.504 e. The SMILES string of the molecule is COc1cc([N+](=O)[O-])cc(/C=N/NC(=O)c2cncc(Br)c2)c1O. The van der Waals surface area contributed by atoms with Gasteiger partial charge >= 0.3 is 0 Å². The van der Waals surface area contributed by atoms with Gasteiger partial charge in [-0.3, -0.25) is 19.9 Å². The van der Waals surface area contributed by atoms with Crippen LogP contribution in [0.2, 0.25) is 0 Å². The van der Waals surface area contributed by atoms with Gasteiger partial charge in [0, 0.05) is 28.5 Å². The fraction of sp³-hybridized carbons (Fsp3) is 0.0714. The van der Waals surface area contributed by atoms with Gasteiger partial charge in [-0.2, -0.15) is 5.10 Å². The summed E-state index contributed by atoms with van der Waals surface area (Å²) in [7, 11) is 1.27. The van der Waals surface area contributed by atoms with E-state index in [2.05, 4.69) is 31.4 Å². The molecule has 9 nitrogen and oxygen atoms in total. The molecule has 0 atom stereocenters. The van der Waals surface area contributed by atoms with Crippen LogP contribution in [-0.2, 0) is 0 Å². The Balaban J connectivity index is 2.21. The van der Waals surface area contributed by atoms with Gasteiger partial charge in [-0.25, -0.2) is 5.43 Å².